The van der Waals surface area contributed by atoms with E-state index < -0.39 is 0 Å². The summed E-state index contributed by atoms with van der Waals surface area (Å²) in [5, 5.41) is 0. The minimum atomic E-state index is 0.963. The fourth-order valence-corrected chi connectivity index (χ4v) is 2.90. The maximum Gasteiger partial charge on any atom is -0.0398 e. The van der Waals surface area contributed by atoms with Gasteiger partial charge in [0, 0.05) is 0 Å². The largest absolute Gasteiger partial charge is 0.0654 e. The highest BCUT2D eigenvalue weighted by Crippen LogP contribution is 2.11. The molecule has 0 aliphatic heterocycles. The van der Waals surface area contributed by atoms with Crippen LogP contribution in [0.15, 0.2) is 24.3 Å². The standard InChI is InChI=1S/C8H10.2C8H18/c1-7-3-5-8(2)6-4-7;2*1-4-6-8(3)7-5-2/h3-6H,1-2H3;2*8H,4-7H2,1-3H3. The third-order valence-electron chi connectivity index (χ3n) is 4.34. The molecule has 142 valence electrons. The van der Waals surface area contributed by atoms with Crippen molar-refractivity contribution < 1.29 is 0 Å². The van der Waals surface area contributed by atoms with Crippen molar-refractivity contribution in [1.29, 1.82) is 0 Å². The second-order valence-electron chi connectivity index (χ2n) is 7.52. The van der Waals surface area contributed by atoms with Crippen molar-refractivity contribution in [2.75, 3.05) is 0 Å². The lowest BCUT2D eigenvalue weighted by atomic mass is 10.0. The maximum atomic E-state index is 2.34. The third-order valence-corrected chi connectivity index (χ3v) is 4.34. The number of hydrogen-bond donors (Lipinski definition) is 0. The van der Waals surface area contributed by atoms with Crippen molar-refractivity contribution in [2.24, 2.45) is 11.8 Å². The van der Waals surface area contributed by atoms with E-state index in [-0.39, 0.29) is 0 Å². The lowest BCUT2D eigenvalue weighted by molar-refractivity contribution is 0.480. The van der Waals surface area contributed by atoms with Crippen LogP contribution in [0.1, 0.15) is 104 Å². The van der Waals surface area contributed by atoms with Crippen LogP contribution < -0.4 is 0 Å². The molecular formula is C24H46. The molecule has 0 heteroatoms. The van der Waals surface area contributed by atoms with Crippen LogP contribution in [-0.4, -0.2) is 0 Å². The first kappa shape index (κ1) is 25.5. The molecule has 1 aromatic rings. The first-order valence-electron chi connectivity index (χ1n) is 10.4. The molecule has 0 bridgehead atoms. The Morgan fingerprint density at radius 2 is 0.750 bits per heavy atom. The lowest BCUT2D eigenvalue weighted by Gasteiger charge is -2.05. The molecule has 0 saturated carbocycles. The Balaban J connectivity index is 0. The van der Waals surface area contributed by atoms with Crippen LogP contribution in [-0.2, 0) is 0 Å². The Bertz CT molecular complexity index is 289. The van der Waals surface area contributed by atoms with Gasteiger partial charge < -0.3 is 0 Å². The fourth-order valence-electron chi connectivity index (χ4n) is 2.90. The lowest BCUT2D eigenvalue weighted by Crippen LogP contribution is -1.91. The van der Waals surface area contributed by atoms with E-state index in [1.807, 2.05) is 0 Å². The summed E-state index contributed by atoms with van der Waals surface area (Å²) in [5.41, 5.74) is 2.66. The van der Waals surface area contributed by atoms with Crippen LogP contribution in [0.3, 0.4) is 0 Å². The summed E-state index contributed by atoms with van der Waals surface area (Å²) < 4.78 is 0. The highest BCUT2D eigenvalue weighted by Gasteiger charge is 1.96. The van der Waals surface area contributed by atoms with Gasteiger partial charge in [-0.1, -0.05) is 128 Å². The normalized spacial score (nSPS) is 10.1. The van der Waals surface area contributed by atoms with E-state index in [1.165, 1.54) is 62.5 Å². The Morgan fingerprint density at radius 1 is 0.542 bits per heavy atom. The average molecular weight is 335 g/mol. The zero-order valence-electron chi connectivity index (χ0n) is 18.1. The summed E-state index contributed by atoms with van der Waals surface area (Å²) in [5.74, 6) is 1.93. The molecule has 0 heterocycles. The van der Waals surface area contributed by atoms with E-state index in [0.29, 0.717) is 0 Å². The topological polar surface area (TPSA) is 0 Å². The summed E-state index contributed by atoms with van der Waals surface area (Å²) in [7, 11) is 0. The first-order valence-corrected chi connectivity index (χ1v) is 10.4. The minimum Gasteiger partial charge on any atom is -0.0654 e. The van der Waals surface area contributed by atoms with Gasteiger partial charge in [0.25, 0.3) is 0 Å². The SMILES string of the molecule is CCCC(C)CCC.CCCC(C)CCC.Cc1ccc(C)cc1. The highest BCUT2D eigenvalue weighted by molar-refractivity contribution is 5.19. The number of aryl methyl sites for hydroxylation is 2. The zero-order valence-corrected chi connectivity index (χ0v) is 18.1. The Kier molecular flexibility index (Phi) is 19.7. The molecular weight excluding hydrogens is 288 g/mol. The van der Waals surface area contributed by atoms with Crippen LogP contribution in [0.4, 0.5) is 0 Å². The third kappa shape index (κ3) is 19.3. The summed E-state index contributed by atoms with van der Waals surface area (Å²) >= 11 is 0. The predicted octanol–water partition coefficient (Wildman–Crippen LogP) is 8.75. The maximum absolute atomic E-state index is 2.34. The highest BCUT2D eigenvalue weighted by atomic mass is 14.0. The Labute approximate surface area is 154 Å². The minimum absolute atomic E-state index is 0.963. The van der Waals surface area contributed by atoms with Gasteiger partial charge in [-0.3, -0.25) is 0 Å². The molecule has 0 aliphatic carbocycles. The van der Waals surface area contributed by atoms with Crippen LogP contribution in [0.2, 0.25) is 0 Å². The first-order chi connectivity index (χ1) is 11.4. The van der Waals surface area contributed by atoms with Gasteiger partial charge in [0.15, 0.2) is 0 Å². The molecule has 1 rings (SSSR count). The zero-order chi connectivity index (χ0) is 18.8. The molecule has 0 atom stereocenters. The smallest absolute Gasteiger partial charge is 0.0398 e. The average Bonchev–Trinajstić information content (AvgIpc) is 2.53. The van der Waals surface area contributed by atoms with Gasteiger partial charge in [0.1, 0.15) is 0 Å². The van der Waals surface area contributed by atoms with Gasteiger partial charge in [0.05, 0.1) is 0 Å². The molecule has 0 amide bonds. The summed E-state index contributed by atoms with van der Waals surface area (Å²) in [6.45, 7) is 17.9. The van der Waals surface area contributed by atoms with Gasteiger partial charge in [-0.2, -0.15) is 0 Å². The van der Waals surface area contributed by atoms with Gasteiger partial charge in [-0.25, -0.2) is 0 Å². The van der Waals surface area contributed by atoms with Crippen molar-refractivity contribution >= 4 is 0 Å². The Morgan fingerprint density at radius 3 is 0.917 bits per heavy atom. The van der Waals surface area contributed by atoms with Gasteiger partial charge in [0.2, 0.25) is 0 Å². The van der Waals surface area contributed by atoms with Crippen molar-refractivity contribution in [3.05, 3.63) is 35.4 Å². The quantitative estimate of drug-likeness (QED) is 0.445. The molecule has 0 fully saturated rings. The van der Waals surface area contributed by atoms with Crippen LogP contribution in [0, 0.1) is 25.7 Å². The van der Waals surface area contributed by atoms with E-state index >= 15 is 0 Å². The number of benzene rings is 1. The van der Waals surface area contributed by atoms with E-state index in [9.17, 15) is 0 Å². The molecule has 0 saturated heterocycles. The van der Waals surface area contributed by atoms with Crippen molar-refractivity contribution in [2.45, 2.75) is 107 Å². The fraction of sp³-hybridized carbons (Fsp3) is 0.750. The molecule has 0 aliphatic rings. The molecule has 0 unspecified atom stereocenters. The molecule has 0 aromatic heterocycles. The summed E-state index contributed by atoms with van der Waals surface area (Å²) in [4.78, 5) is 0. The van der Waals surface area contributed by atoms with Crippen LogP contribution >= 0.6 is 0 Å². The van der Waals surface area contributed by atoms with Crippen molar-refractivity contribution in [1.82, 2.24) is 0 Å². The predicted molar refractivity (Wildman–Crippen MR) is 114 cm³/mol. The number of rotatable bonds is 8. The molecule has 0 spiro atoms. The van der Waals surface area contributed by atoms with Gasteiger partial charge in [-0.15, -0.1) is 0 Å². The monoisotopic (exact) mass is 334 g/mol. The second kappa shape index (κ2) is 18.6. The van der Waals surface area contributed by atoms with Crippen molar-refractivity contribution in [3.63, 3.8) is 0 Å². The Hall–Kier alpha value is -0.780. The van der Waals surface area contributed by atoms with E-state index in [1.54, 1.807) is 0 Å². The van der Waals surface area contributed by atoms with Crippen LogP contribution in [0.25, 0.3) is 0 Å². The van der Waals surface area contributed by atoms with Gasteiger partial charge >= 0.3 is 0 Å². The van der Waals surface area contributed by atoms with E-state index in [0.717, 1.165) is 11.8 Å². The van der Waals surface area contributed by atoms with E-state index in [2.05, 4.69) is 79.7 Å². The van der Waals surface area contributed by atoms with E-state index in [4.69, 9.17) is 0 Å². The van der Waals surface area contributed by atoms with Gasteiger partial charge in [-0.05, 0) is 25.7 Å². The molecule has 0 nitrogen and oxygen atoms in total. The molecule has 0 radical (unpaired) electrons. The summed E-state index contributed by atoms with van der Waals surface area (Å²) in [6, 6.07) is 8.48. The molecule has 1 aromatic carbocycles. The number of hydrogen-bond acceptors (Lipinski definition) is 0. The summed E-state index contributed by atoms with van der Waals surface area (Å²) in [6.07, 6.45) is 11.0. The van der Waals surface area contributed by atoms with Crippen LogP contribution in [0.5, 0.6) is 0 Å². The second-order valence-corrected chi connectivity index (χ2v) is 7.52. The van der Waals surface area contributed by atoms with Crippen molar-refractivity contribution in [3.8, 4) is 0 Å². The molecule has 24 heavy (non-hydrogen) atoms. The molecule has 0 N–H and O–H groups in total.